The summed E-state index contributed by atoms with van der Waals surface area (Å²) in [6.07, 6.45) is 3.83. The van der Waals surface area contributed by atoms with Crippen LogP contribution in [0.5, 0.6) is 5.75 Å². The normalized spacial score (nSPS) is 24.3. The molecule has 0 bridgehead atoms. The van der Waals surface area contributed by atoms with E-state index in [2.05, 4.69) is 11.6 Å². The summed E-state index contributed by atoms with van der Waals surface area (Å²) in [6.45, 7) is 2.19. The van der Waals surface area contributed by atoms with Crippen molar-refractivity contribution in [3.05, 3.63) is 18.2 Å². The molecule has 1 fully saturated rings. The Morgan fingerprint density at radius 2 is 1.89 bits per heavy atom. The Kier molecular flexibility index (Phi) is 4.01. The lowest BCUT2D eigenvalue weighted by Crippen LogP contribution is -2.37. The van der Waals surface area contributed by atoms with Crippen LogP contribution in [0, 0.1) is 5.92 Å². The van der Waals surface area contributed by atoms with Crippen molar-refractivity contribution in [3.8, 4) is 5.75 Å². The number of aromatic hydroxyl groups is 1. The molecule has 2 rings (SSSR count). The molecule has 0 amide bonds. The van der Waals surface area contributed by atoms with E-state index in [-0.39, 0.29) is 22.4 Å². The van der Waals surface area contributed by atoms with Gasteiger partial charge in [-0.15, -0.1) is 0 Å². The van der Waals surface area contributed by atoms with Gasteiger partial charge >= 0.3 is 0 Å². The molecule has 19 heavy (non-hydrogen) atoms. The number of phenols is 1. The van der Waals surface area contributed by atoms with E-state index in [4.69, 9.17) is 5.73 Å². The summed E-state index contributed by atoms with van der Waals surface area (Å²) in [6, 6.07) is 3.94. The highest BCUT2D eigenvalue weighted by Crippen LogP contribution is 2.26. The molecule has 6 heteroatoms. The lowest BCUT2D eigenvalue weighted by molar-refractivity contribution is 0.332. The lowest BCUT2D eigenvalue weighted by atomic mass is 9.88. The van der Waals surface area contributed by atoms with E-state index in [0.29, 0.717) is 5.92 Å². The molecule has 0 radical (unpaired) electrons. The summed E-state index contributed by atoms with van der Waals surface area (Å²) in [5.74, 6) is 0.565. The topological polar surface area (TPSA) is 92.4 Å². The highest BCUT2D eigenvalue weighted by atomic mass is 32.2. The Morgan fingerprint density at radius 1 is 1.26 bits per heavy atom. The number of nitrogen functional groups attached to an aromatic ring is 1. The summed E-state index contributed by atoms with van der Waals surface area (Å²) >= 11 is 0. The van der Waals surface area contributed by atoms with Gasteiger partial charge in [-0.3, -0.25) is 0 Å². The van der Waals surface area contributed by atoms with E-state index >= 15 is 0 Å². The first-order valence-electron chi connectivity index (χ1n) is 6.49. The van der Waals surface area contributed by atoms with E-state index in [1.54, 1.807) is 0 Å². The van der Waals surface area contributed by atoms with Gasteiger partial charge in [-0.25, -0.2) is 13.1 Å². The van der Waals surface area contributed by atoms with Gasteiger partial charge in [0.05, 0.1) is 10.6 Å². The zero-order chi connectivity index (χ0) is 14.0. The minimum absolute atomic E-state index is 0.00349. The lowest BCUT2D eigenvalue weighted by Gasteiger charge is -2.26. The van der Waals surface area contributed by atoms with Gasteiger partial charge in [0.1, 0.15) is 5.75 Å². The summed E-state index contributed by atoms with van der Waals surface area (Å²) in [5.41, 5.74) is 5.60. The number of rotatable bonds is 3. The SMILES string of the molecule is CC1CCC(NS(=O)(=O)c2ccc(O)c(N)c2)CC1. The van der Waals surface area contributed by atoms with Gasteiger partial charge in [-0.05, 0) is 49.8 Å². The minimum Gasteiger partial charge on any atom is -0.506 e. The number of hydrogen-bond donors (Lipinski definition) is 3. The van der Waals surface area contributed by atoms with Crippen molar-refractivity contribution in [1.82, 2.24) is 4.72 Å². The molecule has 5 nitrogen and oxygen atoms in total. The highest BCUT2D eigenvalue weighted by Gasteiger charge is 2.24. The first-order chi connectivity index (χ1) is 8.88. The molecular weight excluding hydrogens is 264 g/mol. The van der Waals surface area contributed by atoms with Crippen molar-refractivity contribution >= 4 is 15.7 Å². The third kappa shape index (κ3) is 3.39. The van der Waals surface area contributed by atoms with Gasteiger partial charge in [-0.2, -0.15) is 0 Å². The van der Waals surface area contributed by atoms with Gasteiger partial charge in [0.15, 0.2) is 0 Å². The van der Waals surface area contributed by atoms with Crippen LogP contribution in [0.4, 0.5) is 5.69 Å². The van der Waals surface area contributed by atoms with Crippen LogP contribution in [0.2, 0.25) is 0 Å². The molecule has 1 aromatic rings. The van der Waals surface area contributed by atoms with Gasteiger partial charge in [0.2, 0.25) is 10.0 Å². The van der Waals surface area contributed by atoms with Crippen LogP contribution >= 0.6 is 0 Å². The van der Waals surface area contributed by atoms with Crippen LogP contribution in [0.25, 0.3) is 0 Å². The zero-order valence-electron chi connectivity index (χ0n) is 11.0. The Balaban J connectivity index is 2.11. The first-order valence-corrected chi connectivity index (χ1v) is 7.97. The molecule has 1 aromatic carbocycles. The maximum Gasteiger partial charge on any atom is 0.240 e. The van der Waals surface area contributed by atoms with Crippen LogP contribution in [-0.4, -0.2) is 19.6 Å². The maximum absolute atomic E-state index is 12.2. The average molecular weight is 284 g/mol. The molecule has 4 N–H and O–H groups in total. The molecule has 0 atom stereocenters. The fourth-order valence-electron chi connectivity index (χ4n) is 2.37. The van der Waals surface area contributed by atoms with Crippen LogP contribution in [0.3, 0.4) is 0 Å². The van der Waals surface area contributed by atoms with Crippen LogP contribution < -0.4 is 10.5 Å². The molecule has 1 aliphatic carbocycles. The Hall–Kier alpha value is -1.27. The monoisotopic (exact) mass is 284 g/mol. The van der Waals surface area contributed by atoms with Gasteiger partial charge < -0.3 is 10.8 Å². The molecule has 1 saturated carbocycles. The molecule has 1 aliphatic rings. The Bertz CT molecular complexity index is 549. The summed E-state index contributed by atoms with van der Waals surface area (Å²) in [7, 11) is -3.56. The number of nitrogens with one attached hydrogen (secondary N) is 1. The van der Waals surface area contributed by atoms with E-state index in [9.17, 15) is 13.5 Å². The number of nitrogens with two attached hydrogens (primary N) is 1. The summed E-state index contributed by atoms with van der Waals surface area (Å²) in [4.78, 5) is 0.0985. The predicted octanol–water partition coefficient (Wildman–Crippen LogP) is 1.83. The molecular formula is C13H20N2O3S. The van der Waals surface area contributed by atoms with E-state index in [1.165, 1.54) is 18.2 Å². The fraction of sp³-hybridized carbons (Fsp3) is 0.538. The number of benzene rings is 1. The Labute approximate surface area is 113 Å². The number of phenolic OH excluding ortho intramolecular Hbond substituents is 1. The van der Waals surface area contributed by atoms with Gasteiger partial charge in [-0.1, -0.05) is 6.92 Å². The van der Waals surface area contributed by atoms with Crippen LogP contribution in [-0.2, 0) is 10.0 Å². The summed E-state index contributed by atoms with van der Waals surface area (Å²) < 4.78 is 27.1. The standard InChI is InChI=1S/C13H20N2O3S/c1-9-2-4-10(5-3-9)15-19(17,18)11-6-7-13(16)12(14)8-11/h6-10,15-16H,2-5,14H2,1H3. The fourth-order valence-corrected chi connectivity index (χ4v) is 3.71. The van der Waals surface area contributed by atoms with Crippen molar-refractivity contribution < 1.29 is 13.5 Å². The van der Waals surface area contributed by atoms with Crippen LogP contribution in [0.1, 0.15) is 32.6 Å². The molecule has 106 valence electrons. The largest absolute Gasteiger partial charge is 0.506 e. The molecule has 0 aromatic heterocycles. The Morgan fingerprint density at radius 3 is 2.47 bits per heavy atom. The van der Waals surface area contributed by atoms with E-state index < -0.39 is 10.0 Å². The quantitative estimate of drug-likeness (QED) is 0.583. The second-order valence-corrected chi connectivity index (χ2v) is 7.01. The zero-order valence-corrected chi connectivity index (χ0v) is 11.8. The van der Waals surface area contributed by atoms with Crippen molar-refractivity contribution in [2.45, 2.75) is 43.5 Å². The number of anilines is 1. The summed E-state index contributed by atoms with van der Waals surface area (Å²) in [5, 5.41) is 9.32. The van der Waals surface area contributed by atoms with Crippen molar-refractivity contribution in [1.29, 1.82) is 0 Å². The second-order valence-electron chi connectivity index (χ2n) is 5.30. The third-order valence-electron chi connectivity index (χ3n) is 3.65. The van der Waals surface area contributed by atoms with Crippen molar-refractivity contribution in [2.75, 3.05) is 5.73 Å². The first kappa shape index (κ1) is 14.1. The molecule has 0 heterocycles. The van der Waals surface area contributed by atoms with Crippen LogP contribution in [0.15, 0.2) is 23.1 Å². The third-order valence-corrected chi connectivity index (χ3v) is 5.17. The number of sulfonamides is 1. The average Bonchev–Trinajstić information content (AvgIpc) is 2.35. The van der Waals surface area contributed by atoms with Crippen molar-refractivity contribution in [3.63, 3.8) is 0 Å². The van der Waals surface area contributed by atoms with Gasteiger partial charge in [0, 0.05) is 6.04 Å². The van der Waals surface area contributed by atoms with Crippen molar-refractivity contribution in [2.24, 2.45) is 5.92 Å². The van der Waals surface area contributed by atoms with Gasteiger partial charge in [0.25, 0.3) is 0 Å². The molecule has 0 saturated heterocycles. The molecule has 0 aliphatic heterocycles. The number of hydrogen-bond acceptors (Lipinski definition) is 4. The maximum atomic E-state index is 12.2. The smallest absolute Gasteiger partial charge is 0.240 e. The minimum atomic E-state index is -3.56. The molecule has 0 spiro atoms. The van der Waals surface area contributed by atoms with E-state index in [0.717, 1.165) is 25.7 Å². The predicted molar refractivity (Wildman–Crippen MR) is 74.3 cm³/mol. The van der Waals surface area contributed by atoms with E-state index in [1.807, 2.05) is 0 Å². The highest BCUT2D eigenvalue weighted by molar-refractivity contribution is 7.89. The second kappa shape index (κ2) is 5.38. The molecule has 0 unspecified atom stereocenters.